The van der Waals surface area contributed by atoms with Gasteiger partial charge in [0.05, 0.1) is 18.7 Å². The third kappa shape index (κ3) is 3.31. The minimum Gasteiger partial charge on any atom is -0.468 e. The molecule has 0 aliphatic carbocycles. The first-order valence-electron chi connectivity index (χ1n) is 4.91. The fourth-order valence-electron chi connectivity index (χ4n) is 1.27. The summed E-state index contributed by atoms with van der Waals surface area (Å²) in [5, 5.41) is 8.72. The molecule has 88 valence electrons. The maximum atomic E-state index is 11.9. The maximum Gasteiger partial charge on any atom is 0.325 e. The predicted octanol–water partition coefficient (Wildman–Crippen LogP) is 0.803. The summed E-state index contributed by atoms with van der Waals surface area (Å²) in [5.41, 5.74) is 0.776. The highest BCUT2D eigenvalue weighted by molar-refractivity contribution is 5.96. The molecule has 0 atom stereocenters. The van der Waals surface area contributed by atoms with Crippen LogP contribution in [0, 0.1) is 11.3 Å². The molecule has 0 heterocycles. The Hall–Kier alpha value is -2.35. The summed E-state index contributed by atoms with van der Waals surface area (Å²) in [6.07, 6.45) is 0. The van der Waals surface area contributed by atoms with Crippen molar-refractivity contribution >= 4 is 11.9 Å². The first-order chi connectivity index (χ1) is 8.08. The molecular formula is C12H12N2O3. The van der Waals surface area contributed by atoms with Crippen LogP contribution >= 0.6 is 0 Å². The largest absolute Gasteiger partial charge is 0.468 e. The van der Waals surface area contributed by atoms with E-state index < -0.39 is 5.97 Å². The van der Waals surface area contributed by atoms with Gasteiger partial charge in [0.25, 0.3) is 5.91 Å². The standard InChI is InChI=1S/C12H12N2O3/c1-14(8-11(15)17-2)12(16)10-5-3-4-9(6-10)7-13/h3-6H,8H2,1-2H3. The molecule has 0 aliphatic rings. The number of hydrogen-bond donors (Lipinski definition) is 0. The molecule has 0 fully saturated rings. The van der Waals surface area contributed by atoms with E-state index in [0.29, 0.717) is 11.1 Å². The average molecular weight is 232 g/mol. The lowest BCUT2D eigenvalue weighted by atomic mass is 10.1. The summed E-state index contributed by atoms with van der Waals surface area (Å²) in [7, 11) is 2.76. The number of rotatable bonds is 3. The third-order valence-electron chi connectivity index (χ3n) is 2.18. The summed E-state index contributed by atoms with van der Waals surface area (Å²) in [5.74, 6) is -0.815. The summed E-state index contributed by atoms with van der Waals surface area (Å²) < 4.78 is 4.47. The summed E-state index contributed by atoms with van der Waals surface area (Å²) in [6, 6.07) is 8.26. The van der Waals surface area contributed by atoms with Gasteiger partial charge in [0, 0.05) is 12.6 Å². The van der Waals surface area contributed by atoms with Gasteiger partial charge in [0.2, 0.25) is 0 Å². The van der Waals surface area contributed by atoms with Crippen LogP contribution in [0.15, 0.2) is 24.3 Å². The van der Waals surface area contributed by atoms with Crippen LogP contribution in [0.1, 0.15) is 15.9 Å². The summed E-state index contributed by atoms with van der Waals surface area (Å²) >= 11 is 0. The molecule has 0 aromatic heterocycles. The topological polar surface area (TPSA) is 70.4 Å². The third-order valence-corrected chi connectivity index (χ3v) is 2.18. The summed E-state index contributed by atoms with van der Waals surface area (Å²) in [6.45, 7) is -0.119. The van der Waals surface area contributed by atoms with Crippen molar-refractivity contribution in [3.63, 3.8) is 0 Å². The van der Waals surface area contributed by atoms with Gasteiger partial charge in [-0.1, -0.05) is 6.07 Å². The predicted molar refractivity (Wildman–Crippen MR) is 60.1 cm³/mol. The number of amides is 1. The van der Waals surface area contributed by atoms with E-state index in [4.69, 9.17) is 5.26 Å². The first kappa shape index (κ1) is 12.7. The second-order valence-electron chi connectivity index (χ2n) is 3.43. The van der Waals surface area contributed by atoms with Crippen molar-refractivity contribution in [1.29, 1.82) is 5.26 Å². The SMILES string of the molecule is COC(=O)CN(C)C(=O)c1cccc(C#N)c1. The van der Waals surface area contributed by atoms with Crippen LogP contribution in [0.4, 0.5) is 0 Å². The normalized spacial score (nSPS) is 9.24. The molecule has 1 aromatic carbocycles. The van der Waals surface area contributed by atoms with Crippen molar-refractivity contribution in [2.24, 2.45) is 0 Å². The van der Waals surface area contributed by atoms with Gasteiger partial charge in [-0.25, -0.2) is 0 Å². The van der Waals surface area contributed by atoms with E-state index in [1.165, 1.54) is 25.1 Å². The lowest BCUT2D eigenvalue weighted by Gasteiger charge is -2.15. The monoisotopic (exact) mass is 232 g/mol. The minimum absolute atomic E-state index is 0.119. The molecule has 1 aromatic rings. The Bertz CT molecular complexity index is 477. The van der Waals surface area contributed by atoms with Gasteiger partial charge in [-0.05, 0) is 18.2 Å². The van der Waals surface area contributed by atoms with Gasteiger partial charge in [-0.2, -0.15) is 5.26 Å². The second kappa shape index (κ2) is 5.66. The number of ether oxygens (including phenoxy) is 1. The highest BCUT2D eigenvalue weighted by Crippen LogP contribution is 2.07. The van der Waals surface area contributed by atoms with Gasteiger partial charge in [0.1, 0.15) is 6.54 Å². The van der Waals surface area contributed by atoms with E-state index >= 15 is 0 Å². The quantitative estimate of drug-likeness (QED) is 0.723. The van der Waals surface area contributed by atoms with Crippen molar-refractivity contribution in [3.8, 4) is 6.07 Å². The average Bonchev–Trinajstić information content (AvgIpc) is 2.37. The molecule has 0 saturated heterocycles. The van der Waals surface area contributed by atoms with Crippen molar-refractivity contribution in [2.45, 2.75) is 0 Å². The number of benzene rings is 1. The second-order valence-corrected chi connectivity index (χ2v) is 3.43. The number of nitrogens with zero attached hydrogens (tertiary/aromatic N) is 2. The van der Waals surface area contributed by atoms with Crippen LogP contribution in [-0.2, 0) is 9.53 Å². The number of hydrogen-bond acceptors (Lipinski definition) is 4. The Morgan fingerprint density at radius 1 is 1.47 bits per heavy atom. The molecule has 17 heavy (non-hydrogen) atoms. The molecule has 0 spiro atoms. The number of carbonyl (C=O) groups excluding carboxylic acids is 2. The fraction of sp³-hybridized carbons (Fsp3) is 0.250. The molecule has 0 unspecified atom stereocenters. The van der Waals surface area contributed by atoms with Crippen LogP contribution in [0.3, 0.4) is 0 Å². The Balaban J connectivity index is 2.82. The van der Waals surface area contributed by atoms with E-state index in [2.05, 4.69) is 4.74 Å². The maximum absolute atomic E-state index is 11.9. The van der Waals surface area contributed by atoms with Gasteiger partial charge < -0.3 is 9.64 Å². The first-order valence-corrected chi connectivity index (χ1v) is 4.91. The highest BCUT2D eigenvalue weighted by atomic mass is 16.5. The molecule has 1 rings (SSSR count). The lowest BCUT2D eigenvalue weighted by Crippen LogP contribution is -2.32. The number of nitriles is 1. The van der Waals surface area contributed by atoms with Crippen LogP contribution in [0.25, 0.3) is 0 Å². The van der Waals surface area contributed by atoms with E-state index in [9.17, 15) is 9.59 Å². The van der Waals surface area contributed by atoms with E-state index in [1.807, 2.05) is 6.07 Å². The van der Waals surface area contributed by atoms with Gasteiger partial charge in [-0.15, -0.1) is 0 Å². The zero-order valence-corrected chi connectivity index (χ0v) is 9.64. The Morgan fingerprint density at radius 2 is 2.18 bits per heavy atom. The summed E-state index contributed by atoms with van der Waals surface area (Å²) in [4.78, 5) is 24.1. The molecule has 0 aliphatic heterocycles. The van der Waals surface area contributed by atoms with Crippen LogP contribution < -0.4 is 0 Å². The van der Waals surface area contributed by atoms with E-state index in [0.717, 1.165) is 0 Å². The van der Waals surface area contributed by atoms with Crippen molar-refractivity contribution in [3.05, 3.63) is 35.4 Å². The van der Waals surface area contributed by atoms with Crippen LogP contribution in [0.2, 0.25) is 0 Å². The number of likely N-dealkylation sites (N-methyl/N-ethyl adjacent to an activating group) is 1. The van der Waals surface area contributed by atoms with Crippen LogP contribution in [-0.4, -0.2) is 37.5 Å². The number of esters is 1. The van der Waals surface area contributed by atoms with E-state index in [1.54, 1.807) is 18.2 Å². The molecule has 5 nitrogen and oxygen atoms in total. The molecule has 0 saturated carbocycles. The minimum atomic E-state index is -0.489. The Morgan fingerprint density at radius 3 is 2.76 bits per heavy atom. The molecular weight excluding hydrogens is 220 g/mol. The van der Waals surface area contributed by atoms with Crippen molar-refractivity contribution in [1.82, 2.24) is 4.90 Å². The molecule has 0 radical (unpaired) electrons. The van der Waals surface area contributed by atoms with E-state index in [-0.39, 0.29) is 12.5 Å². The molecule has 0 N–H and O–H groups in total. The zero-order valence-electron chi connectivity index (χ0n) is 9.64. The van der Waals surface area contributed by atoms with Gasteiger partial charge in [0.15, 0.2) is 0 Å². The van der Waals surface area contributed by atoms with Gasteiger partial charge >= 0.3 is 5.97 Å². The lowest BCUT2D eigenvalue weighted by molar-refractivity contribution is -0.141. The molecule has 0 bridgehead atoms. The molecule has 1 amide bonds. The number of methoxy groups -OCH3 is 1. The number of carbonyl (C=O) groups is 2. The van der Waals surface area contributed by atoms with Gasteiger partial charge in [-0.3, -0.25) is 9.59 Å². The van der Waals surface area contributed by atoms with Crippen molar-refractivity contribution < 1.29 is 14.3 Å². The smallest absolute Gasteiger partial charge is 0.325 e. The fourth-order valence-corrected chi connectivity index (χ4v) is 1.27. The molecule has 5 heteroatoms. The van der Waals surface area contributed by atoms with Crippen molar-refractivity contribution in [2.75, 3.05) is 20.7 Å². The Labute approximate surface area is 99.2 Å². The Kier molecular flexibility index (Phi) is 4.23. The zero-order chi connectivity index (χ0) is 12.8. The highest BCUT2D eigenvalue weighted by Gasteiger charge is 2.15. The van der Waals surface area contributed by atoms with Crippen LogP contribution in [0.5, 0.6) is 0 Å².